The van der Waals surface area contributed by atoms with Crippen LogP contribution in [0.3, 0.4) is 0 Å². The molecule has 0 bridgehead atoms. The van der Waals surface area contributed by atoms with Crippen molar-refractivity contribution in [3.05, 3.63) is 212 Å². The van der Waals surface area contributed by atoms with Gasteiger partial charge in [-0.25, -0.2) is 0 Å². The summed E-state index contributed by atoms with van der Waals surface area (Å²) in [7, 11) is 0. The van der Waals surface area contributed by atoms with E-state index in [1.165, 1.54) is 109 Å². The minimum Gasteiger partial charge on any atom is -0.309 e. The molecule has 1 heterocycles. The van der Waals surface area contributed by atoms with Gasteiger partial charge in [-0.15, -0.1) is 0 Å². The number of hydrogen-bond acceptors (Lipinski definition) is 0. The lowest BCUT2D eigenvalue weighted by Crippen LogP contribution is -1.94. The minimum absolute atomic E-state index is 1.15. The molecule has 0 unspecified atom stereocenters. The van der Waals surface area contributed by atoms with Crippen LogP contribution in [0.4, 0.5) is 0 Å². The third-order valence-corrected chi connectivity index (χ3v) is 12.1. The molecule has 0 spiro atoms. The van der Waals surface area contributed by atoms with Crippen LogP contribution in [-0.2, 0) is 0 Å². The van der Waals surface area contributed by atoms with Crippen molar-refractivity contribution in [1.82, 2.24) is 4.57 Å². The van der Waals surface area contributed by atoms with Gasteiger partial charge in [-0.3, -0.25) is 0 Å². The Balaban J connectivity index is 1.11. The smallest absolute Gasteiger partial charge is 0.0547 e. The second-order valence-electron chi connectivity index (χ2n) is 15.2. The molecule has 1 heteroatoms. The van der Waals surface area contributed by atoms with E-state index in [0.29, 0.717) is 0 Å². The van der Waals surface area contributed by atoms with Crippen molar-refractivity contribution in [1.29, 1.82) is 0 Å². The van der Waals surface area contributed by atoms with Crippen LogP contribution in [0.5, 0.6) is 0 Å². The summed E-state index contributed by atoms with van der Waals surface area (Å²) in [5, 5.41) is 15.1. The zero-order chi connectivity index (χ0) is 37.5. The Morgan fingerprint density at radius 1 is 0.246 bits per heavy atom. The third-order valence-electron chi connectivity index (χ3n) is 12.1. The highest BCUT2D eigenvalue weighted by Gasteiger charge is 2.20. The maximum atomic E-state index is 2.46. The summed E-state index contributed by atoms with van der Waals surface area (Å²) in [5.41, 5.74) is 11.0. The summed E-state index contributed by atoms with van der Waals surface area (Å²) < 4.78 is 2.46. The van der Waals surface area contributed by atoms with Crippen molar-refractivity contribution in [2.24, 2.45) is 0 Å². The van der Waals surface area contributed by atoms with E-state index >= 15 is 0 Å². The van der Waals surface area contributed by atoms with Gasteiger partial charge in [0.15, 0.2) is 0 Å². The Morgan fingerprint density at radius 2 is 0.719 bits per heavy atom. The van der Waals surface area contributed by atoms with E-state index in [1.54, 1.807) is 0 Å². The molecular formula is C56H35N. The van der Waals surface area contributed by atoms with Gasteiger partial charge in [0, 0.05) is 16.5 Å². The first-order valence-corrected chi connectivity index (χ1v) is 19.8. The Hall–Kier alpha value is -7.48. The predicted octanol–water partition coefficient (Wildman–Crippen LogP) is 15.6. The largest absolute Gasteiger partial charge is 0.309 e. The quantitative estimate of drug-likeness (QED) is 0.126. The third kappa shape index (κ3) is 4.89. The van der Waals surface area contributed by atoms with Crippen LogP contribution in [0.2, 0.25) is 0 Å². The van der Waals surface area contributed by atoms with Crippen LogP contribution in [-0.4, -0.2) is 4.57 Å². The maximum Gasteiger partial charge on any atom is 0.0547 e. The molecule has 0 amide bonds. The summed E-state index contributed by atoms with van der Waals surface area (Å²) in [6.45, 7) is 0. The molecule has 1 aromatic heterocycles. The molecule has 0 fully saturated rings. The first-order valence-electron chi connectivity index (χ1n) is 19.8. The first kappa shape index (κ1) is 31.8. The number of benzene rings is 11. The average molecular weight is 722 g/mol. The maximum absolute atomic E-state index is 2.46. The number of aromatic nitrogens is 1. The molecule has 12 aromatic rings. The van der Waals surface area contributed by atoms with Crippen molar-refractivity contribution in [2.45, 2.75) is 0 Å². The molecule has 0 atom stereocenters. The topological polar surface area (TPSA) is 4.93 Å². The fourth-order valence-corrected chi connectivity index (χ4v) is 9.58. The standard InChI is InChI=1S/C56H35N/c1-2-16-42(17-3-1)57-53-34-39(44-23-12-24-45-43-18-7-6-14-37(43)27-30-46(44)45)28-31-47(53)48-32-29-41(35-54(48)57)56-51-21-10-8-19-49(51)55(50-20-9-11-22-52(50)56)40-26-25-36-13-4-5-15-38(36)33-40/h1-35H. The normalized spacial score (nSPS) is 11.9. The van der Waals surface area contributed by atoms with Crippen LogP contribution >= 0.6 is 0 Å². The van der Waals surface area contributed by atoms with Gasteiger partial charge in [0.2, 0.25) is 0 Å². The average Bonchev–Trinajstić information content (AvgIpc) is 3.60. The lowest BCUT2D eigenvalue weighted by molar-refractivity contribution is 1.18. The van der Waals surface area contributed by atoms with E-state index in [4.69, 9.17) is 0 Å². The predicted molar refractivity (Wildman–Crippen MR) is 245 cm³/mol. The van der Waals surface area contributed by atoms with Crippen molar-refractivity contribution < 1.29 is 0 Å². The molecule has 264 valence electrons. The summed E-state index contributed by atoms with van der Waals surface area (Å²) in [4.78, 5) is 0. The fraction of sp³-hybridized carbons (Fsp3) is 0. The van der Waals surface area contributed by atoms with Gasteiger partial charge in [-0.05, 0) is 118 Å². The van der Waals surface area contributed by atoms with Gasteiger partial charge >= 0.3 is 0 Å². The second-order valence-corrected chi connectivity index (χ2v) is 15.2. The molecule has 0 N–H and O–H groups in total. The fourth-order valence-electron chi connectivity index (χ4n) is 9.58. The Bertz CT molecular complexity index is 3510. The zero-order valence-corrected chi connectivity index (χ0v) is 31.2. The van der Waals surface area contributed by atoms with Crippen LogP contribution in [0.25, 0.3) is 115 Å². The van der Waals surface area contributed by atoms with E-state index in [-0.39, 0.29) is 0 Å². The molecule has 0 saturated carbocycles. The summed E-state index contributed by atoms with van der Waals surface area (Å²) in [5.74, 6) is 0. The van der Waals surface area contributed by atoms with Gasteiger partial charge in [-0.1, -0.05) is 182 Å². The second kappa shape index (κ2) is 12.5. The molecular weight excluding hydrogens is 687 g/mol. The minimum atomic E-state index is 1.15. The van der Waals surface area contributed by atoms with Crippen molar-refractivity contribution in [3.8, 4) is 39.1 Å². The van der Waals surface area contributed by atoms with Gasteiger partial charge < -0.3 is 4.57 Å². The van der Waals surface area contributed by atoms with E-state index in [2.05, 4.69) is 217 Å². The first-order chi connectivity index (χ1) is 28.3. The van der Waals surface area contributed by atoms with Crippen molar-refractivity contribution in [3.63, 3.8) is 0 Å². The van der Waals surface area contributed by atoms with E-state index in [0.717, 1.165) is 5.69 Å². The molecule has 0 aliphatic heterocycles. The molecule has 0 aliphatic carbocycles. The van der Waals surface area contributed by atoms with Crippen molar-refractivity contribution >= 4 is 75.7 Å². The van der Waals surface area contributed by atoms with E-state index < -0.39 is 0 Å². The number of para-hydroxylation sites is 1. The van der Waals surface area contributed by atoms with Crippen LogP contribution < -0.4 is 0 Å². The Morgan fingerprint density at radius 3 is 1.40 bits per heavy atom. The SMILES string of the molecule is c1ccc(-n2c3cc(-c4c5ccccc5c(-c5ccc6ccccc6c5)c5ccccc45)ccc3c3ccc(-c4cccc5c4ccc4ccccc45)cc32)cc1. The number of fused-ring (bicyclic) bond motifs is 9. The molecule has 0 aliphatic rings. The summed E-state index contributed by atoms with van der Waals surface area (Å²) >= 11 is 0. The van der Waals surface area contributed by atoms with Gasteiger partial charge in [0.05, 0.1) is 11.0 Å². The highest BCUT2D eigenvalue weighted by molar-refractivity contribution is 6.23. The van der Waals surface area contributed by atoms with Gasteiger partial charge in [0.25, 0.3) is 0 Å². The van der Waals surface area contributed by atoms with E-state index in [9.17, 15) is 0 Å². The van der Waals surface area contributed by atoms with Gasteiger partial charge in [-0.2, -0.15) is 0 Å². The number of nitrogens with zero attached hydrogens (tertiary/aromatic N) is 1. The Kier molecular flexibility index (Phi) is 7.00. The van der Waals surface area contributed by atoms with Crippen LogP contribution in [0.1, 0.15) is 0 Å². The lowest BCUT2D eigenvalue weighted by atomic mass is 9.85. The van der Waals surface area contributed by atoms with E-state index in [1.807, 2.05) is 0 Å². The molecule has 0 radical (unpaired) electrons. The Labute approximate surface area is 330 Å². The van der Waals surface area contributed by atoms with Crippen LogP contribution in [0, 0.1) is 0 Å². The van der Waals surface area contributed by atoms with Crippen LogP contribution in [0.15, 0.2) is 212 Å². The highest BCUT2D eigenvalue weighted by Crippen LogP contribution is 2.46. The van der Waals surface area contributed by atoms with Crippen molar-refractivity contribution in [2.75, 3.05) is 0 Å². The molecule has 12 rings (SSSR count). The monoisotopic (exact) mass is 721 g/mol. The molecule has 57 heavy (non-hydrogen) atoms. The number of rotatable bonds is 4. The van der Waals surface area contributed by atoms with Gasteiger partial charge in [0.1, 0.15) is 0 Å². The molecule has 0 saturated heterocycles. The lowest BCUT2D eigenvalue weighted by Gasteiger charge is -2.18. The number of hydrogen-bond donors (Lipinski definition) is 0. The highest BCUT2D eigenvalue weighted by atomic mass is 15.0. The zero-order valence-electron chi connectivity index (χ0n) is 31.2. The molecule has 11 aromatic carbocycles. The summed E-state index contributed by atoms with van der Waals surface area (Å²) in [6, 6.07) is 78.4. The molecule has 1 nitrogen and oxygen atoms in total. The summed E-state index contributed by atoms with van der Waals surface area (Å²) in [6.07, 6.45) is 0.